The number of benzene rings is 2. The molecule has 0 aliphatic heterocycles. The highest BCUT2D eigenvalue weighted by molar-refractivity contribution is 9.10. The van der Waals surface area contributed by atoms with Crippen LogP contribution < -0.4 is 5.32 Å². The molecule has 0 saturated heterocycles. The lowest BCUT2D eigenvalue weighted by Gasteiger charge is -2.37. The van der Waals surface area contributed by atoms with Gasteiger partial charge in [0.2, 0.25) is 0 Å². The predicted octanol–water partition coefficient (Wildman–Crippen LogP) is 5.56. The van der Waals surface area contributed by atoms with Crippen LogP contribution in [0.3, 0.4) is 0 Å². The van der Waals surface area contributed by atoms with Crippen molar-refractivity contribution in [2.24, 2.45) is 0 Å². The number of aryl methyl sites for hydroxylation is 2. The molecule has 0 bridgehead atoms. The van der Waals surface area contributed by atoms with Gasteiger partial charge in [0.25, 0.3) is 0 Å². The molecule has 21 heavy (non-hydrogen) atoms. The van der Waals surface area contributed by atoms with Crippen molar-refractivity contribution in [3.05, 3.63) is 63.4 Å². The van der Waals surface area contributed by atoms with Gasteiger partial charge in [-0.15, -0.1) is 0 Å². The minimum absolute atomic E-state index is 0.138. The molecule has 3 heteroatoms. The molecule has 1 aliphatic carbocycles. The number of hydrogen-bond acceptors (Lipinski definition) is 1. The Morgan fingerprint density at radius 3 is 2.57 bits per heavy atom. The van der Waals surface area contributed by atoms with Gasteiger partial charge in [-0.1, -0.05) is 18.2 Å². The summed E-state index contributed by atoms with van der Waals surface area (Å²) in [5.41, 5.74) is 4.82. The second kappa shape index (κ2) is 5.80. The molecule has 0 aromatic heterocycles. The molecule has 0 radical (unpaired) electrons. The van der Waals surface area contributed by atoms with Crippen molar-refractivity contribution in [1.82, 2.24) is 0 Å². The van der Waals surface area contributed by atoms with Gasteiger partial charge in [-0.2, -0.15) is 0 Å². The quantitative estimate of drug-likeness (QED) is 0.765. The fourth-order valence-electron chi connectivity index (χ4n) is 3.07. The van der Waals surface area contributed by atoms with Crippen molar-refractivity contribution in [3.8, 4) is 0 Å². The molecule has 0 spiro atoms. The summed E-state index contributed by atoms with van der Waals surface area (Å²) >= 11 is 3.64. The zero-order valence-electron chi connectivity index (χ0n) is 12.3. The molecule has 0 unspecified atom stereocenters. The minimum atomic E-state index is -0.138. The first kappa shape index (κ1) is 14.6. The van der Waals surface area contributed by atoms with Crippen molar-refractivity contribution < 1.29 is 4.39 Å². The highest BCUT2D eigenvalue weighted by atomic mass is 79.9. The Bertz CT molecular complexity index is 639. The first-order valence-corrected chi connectivity index (χ1v) is 8.11. The average molecular weight is 348 g/mol. The number of nitrogens with one attached hydrogen (secondary N) is 1. The monoisotopic (exact) mass is 347 g/mol. The zero-order valence-corrected chi connectivity index (χ0v) is 13.9. The van der Waals surface area contributed by atoms with E-state index in [9.17, 15) is 4.39 Å². The minimum Gasteiger partial charge on any atom is -0.381 e. The topological polar surface area (TPSA) is 12.0 Å². The first-order chi connectivity index (χ1) is 10.0. The van der Waals surface area contributed by atoms with E-state index in [-0.39, 0.29) is 5.82 Å². The third-order valence-electron chi connectivity index (χ3n) is 4.24. The van der Waals surface area contributed by atoms with Crippen LogP contribution in [0, 0.1) is 19.7 Å². The lowest BCUT2D eigenvalue weighted by Crippen LogP contribution is -2.34. The van der Waals surface area contributed by atoms with Gasteiger partial charge in [0.15, 0.2) is 0 Å². The number of halogens is 2. The van der Waals surface area contributed by atoms with Crippen LogP contribution in [0.2, 0.25) is 0 Å². The molecule has 3 rings (SSSR count). The lowest BCUT2D eigenvalue weighted by atomic mass is 9.75. The predicted molar refractivity (Wildman–Crippen MR) is 89.4 cm³/mol. The highest BCUT2D eigenvalue weighted by Crippen LogP contribution is 2.40. The molecule has 0 amide bonds. The van der Waals surface area contributed by atoms with E-state index >= 15 is 0 Å². The van der Waals surface area contributed by atoms with E-state index in [2.05, 4.69) is 47.2 Å². The number of hydrogen-bond donors (Lipinski definition) is 1. The van der Waals surface area contributed by atoms with Crippen molar-refractivity contribution in [2.75, 3.05) is 5.32 Å². The molecule has 1 fully saturated rings. The number of anilines is 1. The summed E-state index contributed by atoms with van der Waals surface area (Å²) in [4.78, 5) is 0. The summed E-state index contributed by atoms with van der Waals surface area (Å²) in [5.74, 6) is 0.337. The standard InChI is InChI=1S/C18H19BrFN/c1-11-6-12(2)18(17(19)7-11)21-16-9-14(10-16)13-4-3-5-15(20)8-13/h3-8,14,16,21H,9-10H2,1-2H3. The summed E-state index contributed by atoms with van der Waals surface area (Å²) in [7, 11) is 0. The molecular weight excluding hydrogens is 329 g/mol. The summed E-state index contributed by atoms with van der Waals surface area (Å²) in [5, 5.41) is 3.62. The summed E-state index contributed by atoms with van der Waals surface area (Å²) in [6.45, 7) is 4.23. The molecule has 1 N–H and O–H groups in total. The van der Waals surface area contributed by atoms with E-state index in [1.807, 2.05) is 6.07 Å². The van der Waals surface area contributed by atoms with Crippen molar-refractivity contribution in [1.29, 1.82) is 0 Å². The fourth-order valence-corrected chi connectivity index (χ4v) is 3.86. The van der Waals surface area contributed by atoms with Gasteiger partial charge < -0.3 is 5.32 Å². The molecule has 1 nitrogen and oxygen atoms in total. The van der Waals surface area contributed by atoms with Crippen molar-refractivity contribution in [2.45, 2.75) is 38.6 Å². The molecule has 1 aliphatic rings. The van der Waals surface area contributed by atoms with Gasteiger partial charge in [0.1, 0.15) is 5.82 Å². The van der Waals surface area contributed by atoms with Crippen LogP contribution in [0.25, 0.3) is 0 Å². The summed E-state index contributed by atoms with van der Waals surface area (Å²) in [6.07, 6.45) is 2.12. The van der Waals surface area contributed by atoms with E-state index < -0.39 is 0 Å². The van der Waals surface area contributed by atoms with Crippen LogP contribution in [0.1, 0.15) is 35.4 Å². The molecule has 2 aromatic carbocycles. The zero-order chi connectivity index (χ0) is 15.0. The van der Waals surface area contributed by atoms with Crippen LogP contribution in [0.5, 0.6) is 0 Å². The maximum Gasteiger partial charge on any atom is 0.123 e. The van der Waals surface area contributed by atoms with Gasteiger partial charge in [0, 0.05) is 10.5 Å². The second-order valence-electron chi connectivity index (χ2n) is 6.00. The third-order valence-corrected chi connectivity index (χ3v) is 4.86. The van der Waals surface area contributed by atoms with Crippen LogP contribution >= 0.6 is 15.9 Å². The van der Waals surface area contributed by atoms with Gasteiger partial charge in [-0.3, -0.25) is 0 Å². The largest absolute Gasteiger partial charge is 0.381 e. The summed E-state index contributed by atoms with van der Waals surface area (Å²) in [6, 6.07) is 11.8. The fraction of sp³-hybridized carbons (Fsp3) is 0.333. The average Bonchev–Trinajstić information content (AvgIpc) is 2.35. The summed E-state index contributed by atoms with van der Waals surface area (Å²) < 4.78 is 14.4. The SMILES string of the molecule is Cc1cc(C)c(NC2CC(c3cccc(F)c3)C2)c(Br)c1. The van der Waals surface area contributed by atoms with Crippen molar-refractivity contribution in [3.63, 3.8) is 0 Å². The van der Waals surface area contributed by atoms with Crippen LogP contribution in [0.4, 0.5) is 10.1 Å². The van der Waals surface area contributed by atoms with E-state index in [4.69, 9.17) is 0 Å². The molecule has 110 valence electrons. The highest BCUT2D eigenvalue weighted by Gasteiger charge is 2.30. The Balaban J connectivity index is 1.65. The molecule has 1 saturated carbocycles. The van der Waals surface area contributed by atoms with Crippen molar-refractivity contribution >= 4 is 21.6 Å². The maximum atomic E-state index is 13.3. The van der Waals surface area contributed by atoms with Gasteiger partial charge in [-0.25, -0.2) is 4.39 Å². The molecular formula is C18H19BrFN. The van der Waals surface area contributed by atoms with Gasteiger partial charge in [-0.05, 0) is 83.4 Å². The smallest absolute Gasteiger partial charge is 0.123 e. The maximum absolute atomic E-state index is 13.3. The van der Waals surface area contributed by atoms with Crippen LogP contribution in [0.15, 0.2) is 40.9 Å². The molecule has 0 atom stereocenters. The third kappa shape index (κ3) is 3.13. The Morgan fingerprint density at radius 1 is 1.14 bits per heavy atom. The van der Waals surface area contributed by atoms with Gasteiger partial charge >= 0.3 is 0 Å². The van der Waals surface area contributed by atoms with Gasteiger partial charge in [0.05, 0.1) is 5.69 Å². The Hall–Kier alpha value is -1.35. The molecule has 0 heterocycles. The number of rotatable bonds is 3. The Labute approximate surface area is 133 Å². The van der Waals surface area contributed by atoms with E-state index in [0.29, 0.717) is 12.0 Å². The van der Waals surface area contributed by atoms with E-state index in [1.54, 1.807) is 12.1 Å². The van der Waals surface area contributed by atoms with Crippen LogP contribution in [-0.2, 0) is 0 Å². The first-order valence-electron chi connectivity index (χ1n) is 7.31. The second-order valence-corrected chi connectivity index (χ2v) is 6.86. The van der Waals surface area contributed by atoms with Crippen LogP contribution in [-0.4, -0.2) is 6.04 Å². The normalized spacial score (nSPS) is 21.0. The Morgan fingerprint density at radius 2 is 1.90 bits per heavy atom. The lowest BCUT2D eigenvalue weighted by molar-refractivity contribution is 0.373. The Kier molecular flexibility index (Phi) is 4.03. The van der Waals surface area contributed by atoms with E-state index in [0.717, 1.165) is 22.9 Å². The molecule has 2 aromatic rings. The van der Waals surface area contributed by atoms with E-state index in [1.165, 1.54) is 22.9 Å².